The molecule has 0 aliphatic carbocycles. The summed E-state index contributed by atoms with van der Waals surface area (Å²) in [6.07, 6.45) is 5.84. The zero-order chi connectivity index (χ0) is 12.1. The molecule has 2 heterocycles. The van der Waals surface area contributed by atoms with Gasteiger partial charge in [-0.15, -0.1) is 0 Å². The normalized spacial score (nSPS) is 21.2. The smallest absolute Gasteiger partial charge is 0.156 e. The first-order chi connectivity index (χ1) is 8.16. The van der Waals surface area contributed by atoms with E-state index in [1.807, 2.05) is 36.3 Å². The molecule has 1 saturated heterocycles. The fraction of sp³-hybridized carbons (Fsp3) is 0.538. The minimum absolute atomic E-state index is 0.195. The maximum atomic E-state index is 4.62. The van der Waals surface area contributed by atoms with Gasteiger partial charge in [-0.2, -0.15) is 0 Å². The van der Waals surface area contributed by atoms with Crippen molar-refractivity contribution >= 4 is 16.9 Å². The van der Waals surface area contributed by atoms with Gasteiger partial charge in [0.25, 0.3) is 0 Å². The Labute approximate surface area is 107 Å². The van der Waals surface area contributed by atoms with Gasteiger partial charge in [-0.05, 0) is 44.4 Å². The Morgan fingerprint density at radius 2 is 2.18 bits per heavy atom. The van der Waals surface area contributed by atoms with Crippen LogP contribution in [0.25, 0.3) is 0 Å². The Morgan fingerprint density at radius 3 is 2.88 bits per heavy atom. The van der Waals surface area contributed by atoms with E-state index in [0.29, 0.717) is 0 Å². The van der Waals surface area contributed by atoms with Crippen molar-refractivity contribution in [1.29, 1.82) is 0 Å². The lowest BCUT2D eigenvalue weighted by Crippen LogP contribution is -2.46. The Balaban J connectivity index is 1.85. The lowest BCUT2D eigenvalue weighted by molar-refractivity contribution is 0.446. The van der Waals surface area contributed by atoms with E-state index in [0.717, 1.165) is 23.9 Å². The number of thioether (sulfide) groups is 1. The van der Waals surface area contributed by atoms with Crippen LogP contribution in [-0.4, -0.2) is 28.0 Å². The van der Waals surface area contributed by atoms with Gasteiger partial charge >= 0.3 is 0 Å². The minimum Gasteiger partial charge on any atom is -0.360 e. The predicted molar refractivity (Wildman–Crippen MR) is 74.5 cm³/mol. The first-order valence-electron chi connectivity index (χ1n) is 6.00. The summed E-state index contributed by atoms with van der Waals surface area (Å²) in [7, 11) is 0. The molecule has 1 aliphatic heterocycles. The second kappa shape index (κ2) is 5.54. The predicted octanol–water partition coefficient (Wildman–Crippen LogP) is 2.49. The molecule has 3 nitrogen and oxygen atoms in total. The van der Waals surface area contributed by atoms with Crippen LogP contribution in [0.1, 0.15) is 25.8 Å². The molecular formula is C13H19N3S. The molecule has 0 saturated carbocycles. The molecule has 1 aliphatic rings. The van der Waals surface area contributed by atoms with E-state index in [1.54, 1.807) is 0 Å². The second-order valence-corrected chi connectivity index (χ2v) is 5.98. The van der Waals surface area contributed by atoms with E-state index in [-0.39, 0.29) is 5.54 Å². The molecular weight excluding hydrogens is 230 g/mol. The van der Waals surface area contributed by atoms with Gasteiger partial charge < -0.3 is 5.32 Å². The van der Waals surface area contributed by atoms with Crippen LogP contribution in [-0.2, 0) is 6.42 Å². The highest BCUT2D eigenvalue weighted by Gasteiger charge is 2.23. The van der Waals surface area contributed by atoms with Crippen molar-refractivity contribution in [3.63, 3.8) is 0 Å². The number of aromatic nitrogens is 1. The van der Waals surface area contributed by atoms with Crippen molar-refractivity contribution in [1.82, 2.24) is 10.3 Å². The molecule has 1 N–H and O–H groups in total. The third kappa shape index (κ3) is 4.04. The van der Waals surface area contributed by atoms with Crippen LogP contribution in [0.4, 0.5) is 0 Å². The number of rotatable bonds is 3. The van der Waals surface area contributed by atoms with Gasteiger partial charge in [0, 0.05) is 30.2 Å². The Hall–Kier alpha value is -1.03. The van der Waals surface area contributed by atoms with Crippen molar-refractivity contribution < 1.29 is 0 Å². The molecule has 0 radical (unpaired) electrons. The van der Waals surface area contributed by atoms with Gasteiger partial charge in [-0.25, -0.2) is 0 Å². The fourth-order valence-electron chi connectivity index (χ4n) is 1.71. The molecule has 4 heteroatoms. The highest BCUT2D eigenvalue weighted by Crippen LogP contribution is 2.21. The quantitative estimate of drug-likeness (QED) is 0.894. The molecule has 17 heavy (non-hydrogen) atoms. The largest absolute Gasteiger partial charge is 0.360 e. The molecule has 1 fully saturated rings. The third-order valence-electron chi connectivity index (χ3n) is 2.82. The maximum absolute atomic E-state index is 4.62. The summed E-state index contributed by atoms with van der Waals surface area (Å²) >= 11 is 1.83. The number of hydrogen-bond donors (Lipinski definition) is 1. The number of pyridine rings is 1. The summed E-state index contributed by atoms with van der Waals surface area (Å²) < 4.78 is 0. The van der Waals surface area contributed by atoms with Crippen LogP contribution in [0.5, 0.6) is 0 Å². The third-order valence-corrected chi connectivity index (χ3v) is 3.73. The Bertz CT molecular complexity index is 387. The molecule has 0 spiro atoms. The number of nitrogens with one attached hydrogen (secondary N) is 1. The summed E-state index contributed by atoms with van der Waals surface area (Å²) in [6.45, 7) is 5.30. The van der Waals surface area contributed by atoms with E-state index >= 15 is 0 Å². The molecule has 0 amide bonds. The molecule has 0 bridgehead atoms. The first kappa shape index (κ1) is 12.4. The van der Waals surface area contributed by atoms with Crippen molar-refractivity contribution in [2.24, 2.45) is 4.99 Å². The number of amidine groups is 1. The highest BCUT2D eigenvalue weighted by molar-refractivity contribution is 8.13. The fourth-order valence-corrected chi connectivity index (χ4v) is 3.05. The Morgan fingerprint density at radius 1 is 1.41 bits per heavy atom. The van der Waals surface area contributed by atoms with Crippen LogP contribution < -0.4 is 5.32 Å². The first-order valence-corrected chi connectivity index (χ1v) is 6.99. The molecule has 0 aromatic carbocycles. The molecule has 92 valence electrons. The molecule has 2 rings (SSSR count). The summed E-state index contributed by atoms with van der Waals surface area (Å²) in [5.74, 6) is 1.16. The van der Waals surface area contributed by atoms with Crippen LogP contribution >= 0.6 is 11.8 Å². The average Bonchev–Trinajstić information content (AvgIpc) is 2.29. The van der Waals surface area contributed by atoms with Gasteiger partial charge in [0.15, 0.2) is 5.17 Å². The molecule has 1 aromatic rings. The van der Waals surface area contributed by atoms with Crippen molar-refractivity contribution in [2.45, 2.75) is 32.2 Å². The van der Waals surface area contributed by atoms with E-state index in [2.05, 4.69) is 29.1 Å². The van der Waals surface area contributed by atoms with Gasteiger partial charge in [0.2, 0.25) is 0 Å². The van der Waals surface area contributed by atoms with Crippen LogP contribution in [0.2, 0.25) is 0 Å². The van der Waals surface area contributed by atoms with Crippen LogP contribution in [0.3, 0.4) is 0 Å². The second-order valence-electron chi connectivity index (χ2n) is 4.90. The van der Waals surface area contributed by atoms with Crippen molar-refractivity contribution in [2.75, 3.05) is 12.3 Å². The maximum Gasteiger partial charge on any atom is 0.156 e. The van der Waals surface area contributed by atoms with E-state index in [4.69, 9.17) is 0 Å². The van der Waals surface area contributed by atoms with Gasteiger partial charge in [-0.3, -0.25) is 9.98 Å². The van der Waals surface area contributed by atoms with E-state index < -0.39 is 0 Å². The number of hydrogen-bond acceptors (Lipinski definition) is 3. The lowest BCUT2D eigenvalue weighted by Gasteiger charge is -2.32. The van der Waals surface area contributed by atoms with E-state index in [9.17, 15) is 0 Å². The zero-order valence-corrected chi connectivity index (χ0v) is 11.3. The average molecular weight is 249 g/mol. The summed E-state index contributed by atoms with van der Waals surface area (Å²) in [5, 5.41) is 4.57. The summed E-state index contributed by atoms with van der Waals surface area (Å²) in [5.41, 5.74) is 1.49. The SMILES string of the molecule is CC1(C)CCSC(=NCCc2ccncc2)N1. The van der Waals surface area contributed by atoms with Crippen molar-refractivity contribution in [3.05, 3.63) is 30.1 Å². The highest BCUT2D eigenvalue weighted by atomic mass is 32.2. The van der Waals surface area contributed by atoms with E-state index in [1.165, 1.54) is 12.0 Å². The summed E-state index contributed by atoms with van der Waals surface area (Å²) in [4.78, 5) is 8.63. The topological polar surface area (TPSA) is 37.3 Å². The Kier molecular flexibility index (Phi) is 4.05. The van der Waals surface area contributed by atoms with Gasteiger partial charge in [0.05, 0.1) is 0 Å². The van der Waals surface area contributed by atoms with Gasteiger partial charge in [-0.1, -0.05) is 11.8 Å². The standard InChI is InChI=1S/C13H19N3S/c1-13(2)6-10-17-12(16-13)15-9-5-11-3-7-14-8-4-11/h3-4,7-8H,5-6,9-10H2,1-2H3,(H,15,16). The molecule has 0 unspecified atom stereocenters. The number of nitrogens with zero attached hydrogens (tertiary/aromatic N) is 2. The number of aliphatic imine (C=N–C) groups is 1. The molecule has 0 atom stereocenters. The molecule has 1 aromatic heterocycles. The minimum atomic E-state index is 0.195. The van der Waals surface area contributed by atoms with Gasteiger partial charge in [0.1, 0.15) is 0 Å². The monoisotopic (exact) mass is 249 g/mol. The van der Waals surface area contributed by atoms with Crippen molar-refractivity contribution in [3.8, 4) is 0 Å². The van der Waals surface area contributed by atoms with Crippen LogP contribution in [0.15, 0.2) is 29.5 Å². The van der Waals surface area contributed by atoms with Crippen LogP contribution in [0, 0.1) is 0 Å². The zero-order valence-electron chi connectivity index (χ0n) is 10.4. The summed E-state index contributed by atoms with van der Waals surface area (Å²) in [6, 6.07) is 4.09. The lowest BCUT2D eigenvalue weighted by atomic mass is 10.0.